The van der Waals surface area contributed by atoms with Crippen LogP contribution >= 0.6 is 0 Å². The first-order valence-electron chi connectivity index (χ1n) is 6.54. The molecule has 0 amide bonds. The summed E-state index contributed by atoms with van der Waals surface area (Å²) in [6, 6.07) is 9.92. The number of sulfonamides is 1. The molecule has 23 heavy (non-hydrogen) atoms. The zero-order valence-electron chi connectivity index (χ0n) is 12.4. The lowest BCUT2D eigenvalue weighted by Crippen LogP contribution is -2.14. The number of halogens is 2. The molecule has 0 radical (unpaired) electrons. The van der Waals surface area contributed by atoms with Crippen LogP contribution in [0, 0.1) is 6.92 Å². The molecule has 0 spiro atoms. The quantitative estimate of drug-likeness (QED) is 0.873. The van der Waals surface area contributed by atoms with Gasteiger partial charge in [-0.25, -0.2) is 8.42 Å². The van der Waals surface area contributed by atoms with Crippen molar-refractivity contribution < 1.29 is 26.7 Å². The predicted molar refractivity (Wildman–Crippen MR) is 81.6 cm³/mol. The summed E-state index contributed by atoms with van der Waals surface area (Å²) in [6.07, 6.45) is 0. The molecule has 0 heterocycles. The van der Waals surface area contributed by atoms with Crippen LogP contribution in [0.2, 0.25) is 0 Å². The van der Waals surface area contributed by atoms with Gasteiger partial charge in [0, 0.05) is 0 Å². The van der Waals surface area contributed by atoms with Crippen LogP contribution in [-0.4, -0.2) is 22.1 Å². The van der Waals surface area contributed by atoms with Crippen LogP contribution in [0.5, 0.6) is 11.5 Å². The van der Waals surface area contributed by atoms with Gasteiger partial charge in [-0.1, -0.05) is 6.07 Å². The number of nitrogens with one attached hydrogen (secondary N) is 1. The Morgan fingerprint density at radius 2 is 1.74 bits per heavy atom. The number of methoxy groups -OCH3 is 1. The summed E-state index contributed by atoms with van der Waals surface area (Å²) in [5.41, 5.74) is 0.639. The maximum Gasteiger partial charge on any atom is 0.387 e. The highest BCUT2D eigenvalue weighted by Gasteiger charge is 2.18. The molecule has 5 nitrogen and oxygen atoms in total. The van der Waals surface area contributed by atoms with E-state index in [9.17, 15) is 17.2 Å². The second kappa shape index (κ2) is 6.82. The van der Waals surface area contributed by atoms with E-state index in [1.165, 1.54) is 43.5 Å². The lowest BCUT2D eigenvalue weighted by atomic mass is 10.2. The van der Waals surface area contributed by atoms with Gasteiger partial charge in [-0.3, -0.25) is 4.72 Å². The zero-order valence-corrected chi connectivity index (χ0v) is 13.2. The van der Waals surface area contributed by atoms with Crippen LogP contribution in [0.3, 0.4) is 0 Å². The van der Waals surface area contributed by atoms with E-state index in [1.54, 1.807) is 13.0 Å². The summed E-state index contributed by atoms with van der Waals surface area (Å²) in [5, 5.41) is 0. The predicted octanol–water partition coefficient (Wildman–Crippen LogP) is 3.41. The Kier molecular flexibility index (Phi) is 5.05. The number of alkyl halides is 2. The Labute approximate surface area is 132 Å². The Morgan fingerprint density at radius 3 is 2.30 bits per heavy atom. The van der Waals surface area contributed by atoms with Gasteiger partial charge in [-0.15, -0.1) is 0 Å². The van der Waals surface area contributed by atoms with E-state index in [2.05, 4.69) is 9.46 Å². The Bertz CT molecular complexity index is 777. The third-order valence-electron chi connectivity index (χ3n) is 2.97. The first kappa shape index (κ1) is 17.0. The topological polar surface area (TPSA) is 64.6 Å². The van der Waals surface area contributed by atoms with Gasteiger partial charge in [0.15, 0.2) is 0 Å². The summed E-state index contributed by atoms with van der Waals surface area (Å²) >= 11 is 0. The summed E-state index contributed by atoms with van der Waals surface area (Å²) in [6.45, 7) is -1.35. The summed E-state index contributed by atoms with van der Waals surface area (Å²) in [4.78, 5) is -0.0252. The molecule has 0 saturated carbocycles. The molecule has 0 saturated heterocycles. The zero-order chi connectivity index (χ0) is 17.0. The molecule has 124 valence electrons. The standard InChI is InChI=1S/C15H15F2NO4S/c1-10-3-8-14(22-15(16)17)13(9-10)18-23(19,20)12-6-4-11(21-2)5-7-12/h3-9,15,18H,1-2H3. The van der Waals surface area contributed by atoms with E-state index < -0.39 is 16.6 Å². The Morgan fingerprint density at radius 1 is 1.09 bits per heavy atom. The highest BCUT2D eigenvalue weighted by molar-refractivity contribution is 7.92. The molecule has 0 bridgehead atoms. The van der Waals surface area contributed by atoms with Crippen LogP contribution in [0.1, 0.15) is 5.56 Å². The molecule has 1 N–H and O–H groups in total. The highest BCUT2D eigenvalue weighted by atomic mass is 32.2. The number of ether oxygens (including phenoxy) is 2. The van der Waals surface area contributed by atoms with E-state index in [4.69, 9.17) is 4.74 Å². The van der Waals surface area contributed by atoms with Crippen LogP contribution in [0.4, 0.5) is 14.5 Å². The van der Waals surface area contributed by atoms with E-state index >= 15 is 0 Å². The molecular weight excluding hydrogens is 328 g/mol. The average Bonchev–Trinajstić information content (AvgIpc) is 2.49. The summed E-state index contributed by atoms with van der Waals surface area (Å²) in [5.74, 6) is 0.254. The van der Waals surface area contributed by atoms with Crippen molar-refractivity contribution in [2.75, 3.05) is 11.8 Å². The molecule has 0 aliphatic rings. The molecule has 0 fully saturated rings. The normalized spacial score (nSPS) is 11.3. The van der Waals surface area contributed by atoms with Gasteiger partial charge in [0.2, 0.25) is 0 Å². The number of hydrogen-bond donors (Lipinski definition) is 1. The minimum Gasteiger partial charge on any atom is -0.497 e. The molecule has 0 aliphatic carbocycles. The molecule has 0 atom stereocenters. The average molecular weight is 343 g/mol. The monoisotopic (exact) mass is 343 g/mol. The second-order valence-electron chi connectivity index (χ2n) is 4.66. The number of aryl methyl sites for hydroxylation is 1. The number of benzene rings is 2. The Hall–Kier alpha value is -2.35. The second-order valence-corrected chi connectivity index (χ2v) is 6.34. The lowest BCUT2D eigenvalue weighted by molar-refractivity contribution is -0.0493. The number of rotatable bonds is 6. The van der Waals surface area contributed by atoms with Gasteiger partial charge in [0.1, 0.15) is 11.5 Å². The van der Waals surface area contributed by atoms with Crippen LogP contribution in [-0.2, 0) is 10.0 Å². The van der Waals surface area contributed by atoms with Crippen LogP contribution in [0.15, 0.2) is 47.4 Å². The van der Waals surface area contributed by atoms with Gasteiger partial charge in [-0.2, -0.15) is 8.78 Å². The first-order valence-corrected chi connectivity index (χ1v) is 8.02. The van der Waals surface area contributed by atoms with Crippen LogP contribution < -0.4 is 14.2 Å². The SMILES string of the molecule is COc1ccc(S(=O)(=O)Nc2cc(C)ccc2OC(F)F)cc1. The molecular formula is C15H15F2NO4S. The van der Waals surface area contributed by atoms with Crippen molar-refractivity contribution in [1.82, 2.24) is 0 Å². The first-order chi connectivity index (χ1) is 10.8. The molecule has 0 aromatic heterocycles. The van der Waals surface area contributed by atoms with Crippen molar-refractivity contribution in [3.05, 3.63) is 48.0 Å². The molecule has 2 rings (SSSR count). The minimum atomic E-state index is -3.94. The maximum atomic E-state index is 12.4. The van der Waals surface area contributed by atoms with Crippen molar-refractivity contribution in [2.24, 2.45) is 0 Å². The third kappa shape index (κ3) is 4.32. The van der Waals surface area contributed by atoms with E-state index in [0.717, 1.165) is 0 Å². The fraction of sp³-hybridized carbons (Fsp3) is 0.200. The highest BCUT2D eigenvalue weighted by Crippen LogP contribution is 2.29. The molecule has 2 aromatic rings. The molecule has 8 heteroatoms. The minimum absolute atomic E-state index is 0.0252. The van der Waals surface area contributed by atoms with Crippen molar-refractivity contribution in [1.29, 1.82) is 0 Å². The summed E-state index contributed by atoms with van der Waals surface area (Å²) in [7, 11) is -2.48. The maximum absolute atomic E-state index is 12.4. The van der Waals surface area contributed by atoms with Crippen molar-refractivity contribution in [3.8, 4) is 11.5 Å². The van der Waals surface area contributed by atoms with Crippen molar-refractivity contribution in [2.45, 2.75) is 18.4 Å². The van der Waals surface area contributed by atoms with E-state index in [-0.39, 0.29) is 16.3 Å². The smallest absolute Gasteiger partial charge is 0.387 e. The largest absolute Gasteiger partial charge is 0.497 e. The number of anilines is 1. The third-order valence-corrected chi connectivity index (χ3v) is 4.35. The molecule has 0 aliphatic heterocycles. The van der Waals surface area contributed by atoms with E-state index in [1.807, 2.05) is 0 Å². The van der Waals surface area contributed by atoms with Crippen LogP contribution in [0.25, 0.3) is 0 Å². The van der Waals surface area contributed by atoms with Gasteiger partial charge in [0.25, 0.3) is 10.0 Å². The Balaban J connectivity index is 2.34. The van der Waals surface area contributed by atoms with Crippen molar-refractivity contribution in [3.63, 3.8) is 0 Å². The van der Waals surface area contributed by atoms with Gasteiger partial charge in [-0.05, 0) is 48.9 Å². The van der Waals surface area contributed by atoms with Crippen molar-refractivity contribution >= 4 is 15.7 Å². The fourth-order valence-corrected chi connectivity index (χ4v) is 2.94. The molecule has 2 aromatic carbocycles. The number of hydrogen-bond acceptors (Lipinski definition) is 4. The van der Waals surface area contributed by atoms with Gasteiger partial charge < -0.3 is 9.47 Å². The lowest BCUT2D eigenvalue weighted by Gasteiger charge is -2.14. The summed E-state index contributed by atoms with van der Waals surface area (Å²) < 4.78 is 61.1. The van der Waals surface area contributed by atoms with Gasteiger partial charge >= 0.3 is 6.61 Å². The fourth-order valence-electron chi connectivity index (χ4n) is 1.88. The van der Waals surface area contributed by atoms with E-state index in [0.29, 0.717) is 11.3 Å². The molecule has 0 unspecified atom stereocenters. The van der Waals surface area contributed by atoms with Gasteiger partial charge in [0.05, 0.1) is 17.7 Å².